The first-order chi connectivity index (χ1) is 13.9. The van der Waals surface area contributed by atoms with E-state index in [9.17, 15) is 17.6 Å². The van der Waals surface area contributed by atoms with E-state index in [-0.39, 0.29) is 6.10 Å². The van der Waals surface area contributed by atoms with Crippen LogP contribution in [0.1, 0.15) is 69.8 Å². The molecule has 0 amide bonds. The molecule has 2 atom stereocenters. The monoisotopic (exact) mass is 414 g/mol. The summed E-state index contributed by atoms with van der Waals surface area (Å²) in [7, 11) is 0. The largest absolute Gasteiger partial charge is 0.383 e. The van der Waals surface area contributed by atoms with Crippen molar-refractivity contribution in [3.63, 3.8) is 0 Å². The molecular formula is C23H30F4O2. The fourth-order valence-corrected chi connectivity index (χ4v) is 5.50. The van der Waals surface area contributed by atoms with Crippen LogP contribution in [0.3, 0.4) is 0 Å². The third kappa shape index (κ3) is 4.96. The van der Waals surface area contributed by atoms with Gasteiger partial charge in [-0.1, -0.05) is 25.7 Å². The second kappa shape index (κ2) is 8.93. The van der Waals surface area contributed by atoms with E-state index < -0.39 is 29.4 Å². The van der Waals surface area contributed by atoms with Crippen LogP contribution >= 0.6 is 0 Å². The molecule has 0 N–H and O–H groups in total. The van der Waals surface area contributed by atoms with E-state index in [2.05, 4.69) is 0 Å². The molecule has 1 aliphatic heterocycles. The molecule has 0 bridgehead atoms. The molecular weight excluding hydrogens is 384 g/mol. The van der Waals surface area contributed by atoms with Gasteiger partial charge in [0.2, 0.25) is 0 Å². The second-order valence-electron chi connectivity index (χ2n) is 9.05. The number of hydrogen-bond acceptors (Lipinski definition) is 2. The van der Waals surface area contributed by atoms with Crippen molar-refractivity contribution < 1.29 is 27.0 Å². The van der Waals surface area contributed by atoms with Gasteiger partial charge in [0.15, 0.2) is 11.6 Å². The van der Waals surface area contributed by atoms with Crippen molar-refractivity contribution >= 4 is 0 Å². The van der Waals surface area contributed by atoms with Gasteiger partial charge >= 0.3 is 6.11 Å². The van der Waals surface area contributed by atoms with Gasteiger partial charge in [-0.05, 0) is 74.5 Å². The van der Waals surface area contributed by atoms with Crippen LogP contribution in [0.15, 0.2) is 18.2 Å². The maximum atomic E-state index is 14.4. The normalized spacial score (nSPS) is 31.9. The zero-order valence-corrected chi connectivity index (χ0v) is 16.7. The van der Waals surface area contributed by atoms with Crippen molar-refractivity contribution in [3.05, 3.63) is 35.4 Å². The Balaban J connectivity index is 1.24. The Hall–Kier alpha value is -1.14. The van der Waals surface area contributed by atoms with Gasteiger partial charge in [0.1, 0.15) is 0 Å². The predicted molar refractivity (Wildman–Crippen MR) is 102 cm³/mol. The summed E-state index contributed by atoms with van der Waals surface area (Å²) in [6, 6.07) is 2.09. The van der Waals surface area contributed by atoms with Gasteiger partial charge in [0.05, 0.1) is 24.4 Å². The molecule has 0 aromatic heterocycles. The molecule has 1 heterocycles. The molecule has 0 spiro atoms. The van der Waals surface area contributed by atoms with Crippen molar-refractivity contribution in [2.75, 3.05) is 6.61 Å². The molecule has 162 valence electrons. The van der Waals surface area contributed by atoms with E-state index in [1.54, 1.807) is 0 Å². The van der Waals surface area contributed by atoms with Crippen LogP contribution in [-0.4, -0.2) is 18.8 Å². The summed E-state index contributed by atoms with van der Waals surface area (Å²) in [5.74, 6) is -0.509. The fourth-order valence-electron chi connectivity index (χ4n) is 5.50. The van der Waals surface area contributed by atoms with E-state index in [1.807, 2.05) is 0 Å². The number of rotatable bonds is 5. The molecule has 1 aromatic rings. The molecule has 29 heavy (non-hydrogen) atoms. The topological polar surface area (TPSA) is 18.5 Å². The highest BCUT2D eigenvalue weighted by molar-refractivity contribution is 5.20. The summed E-state index contributed by atoms with van der Waals surface area (Å²) < 4.78 is 66.2. The van der Waals surface area contributed by atoms with Gasteiger partial charge in [-0.25, -0.2) is 8.78 Å². The minimum atomic E-state index is -3.62. The summed E-state index contributed by atoms with van der Waals surface area (Å²) in [6.45, 7) is 0.847. The minimum Gasteiger partial charge on any atom is -0.378 e. The third-order valence-electron chi connectivity index (χ3n) is 7.23. The molecule has 1 saturated heterocycles. The quantitative estimate of drug-likeness (QED) is 0.507. The Morgan fingerprint density at radius 1 is 0.793 bits per heavy atom. The molecule has 2 nitrogen and oxygen atoms in total. The van der Waals surface area contributed by atoms with E-state index >= 15 is 0 Å². The number of ether oxygens (including phenoxy) is 2. The lowest BCUT2D eigenvalue weighted by atomic mass is 9.78. The van der Waals surface area contributed by atoms with Gasteiger partial charge in [0.25, 0.3) is 0 Å². The Morgan fingerprint density at radius 2 is 1.48 bits per heavy atom. The third-order valence-corrected chi connectivity index (χ3v) is 7.23. The predicted octanol–water partition coefficient (Wildman–Crippen LogP) is 6.57. The highest BCUT2D eigenvalue weighted by atomic mass is 19.3. The van der Waals surface area contributed by atoms with Crippen LogP contribution in [0.4, 0.5) is 17.6 Å². The van der Waals surface area contributed by atoms with Crippen LogP contribution in [-0.2, 0) is 15.6 Å². The number of alkyl halides is 2. The average molecular weight is 414 g/mol. The fraction of sp³-hybridized carbons (Fsp3) is 0.739. The molecule has 2 aliphatic carbocycles. The molecule has 3 fully saturated rings. The standard InChI is InChI=1S/C23H30F4O2/c24-20-11-8-18(13-21(20)25)23(26,27)29-19-9-5-16(6-10-19)22-12-7-17(14-28-22)15-3-1-2-4-15/h8,11,13,15-17,19,22H,1-7,9-10,12,14H2. The molecule has 2 unspecified atom stereocenters. The van der Waals surface area contributed by atoms with Crippen LogP contribution < -0.4 is 0 Å². The van der Waals surface area contributed by atoms with E-state index in [0.717, 1.165) is 37.9 Å². The van der Waals surface area contributed by atoms with Crippen LogP contribution in [0, 0.1) is 29.4 Å². The zero-order chi connectivity index (χ0) is 20.4. The smallest absolute Gasteiger partial charge is 0.378 e. The minimum absolute atomic E-state index is 0.236. The lowest BCUT2D eigenvalue weighted by Gasteiger charge is -2.39. The first-order valence-electron chi connectivity index (χ1n) is 11.0. The highest BCUT2D eigenvalue weighted by Crippen LogP contribution is 2.41. The summed E-state index contributed by atoms with van der Waals surface area (Å²) in [6.07, 6.45) is 6.39. The molecule has 6 heteroatoms. The summed E-state index contributed by atoms with van der Waals surface area (Å²) >= 11 is 0. The van der Waals surface area contributed by atoms with Crippen LogP contribution in [0.2, 0.25) is 0 Å². The highest BCUT2D eigenvalue weighted by Gasteiger charge is 2.40. The summed E-state index contributed by atoms with van der Waals surface area (Å²) in [5, 5.41) is 0. The van der Waals surface area contributed by atoms with Gasteiger partial charge < -0.3 is 9.47 Å². The van der Waals surface area contributed by atoms with Gasteiger partial charge in [-0.3, -0.25) is 0 Å². The zero-order valence-electron chi connectivity index (χ0n) is 16.7. The summed E-state index contributed by atoms with van der Waals surface area (Å²) in [5.41, 5.74) is -0.646. The van der Waals surface area contributed by atoms with E-state index in [0.29, 0.717) is 36.8 Å². The van der Waals surface area contributed by atoms with E-state index in [1.165, 1.54) is 32.1 Å². The maximum absolute atomic E-state index is 14.4. The van der Waals surface area contributed by atoms with Crippen LogP contribution in [0.25, 0.3) is 0 Å². The van der Waals surface area contributed by atoms with Crippen molar-refractivity contribution in [2.45, 2.75) is 82.5 Å². The first kappa shape index (κ1) is 21.1. The second-order valence-corrected chi connectivity index (χ2v) is 9.05. The van der Waals surface area contributed by atoms with Crippen molar-refractivity contribution in [1.29, 1.82) is 0 Å². The Kier molecular flexibility index (Phi) is 6.50. The van der Waals surface area contributed by atoms with Gasteiger partial charge in [-0.2, -0.15) is 8.78 Å². The Morgan fingerprint density at radius 3 is 2.10 bits per heavy atom. The summed E-state index contributed by atoms with van der Waals surface area (Å²) in [4.78, 5) is 0. The number of benzene rings is 1. The molecule has 3 aliphatic rings. The molecule has 1 aromatic carbocycles. The lowest BCUT2D eigenvalue weighted by molar-refractivity contribution is -0.279. The average Bonchev–Trinajstić information content (AvgIpc) is 3.25. The number of hydrogen-bond donors (Lipinski definition) is 0. The Labute approximate surface area is 170 Å². The van der Waals surface area contributed by atoms with Gasteiger partial charge in [-0.15, -0.1) is 0 Å². The van der Waals surface area contributed by atoms with Crippen molar-refractivity contribution in [2.24, 2.45) is 17.8 Å². The first-order valence-corrected chi connectivity index (χ1v) is 11.0. The molecule has 4 rings (SSSR count). The molecule has 2 saturated carbocycles. The van der Waals surface area contributed by atoms with Gasteiger partial charge in [0, 0.05) is 0 Å². The maximum Gasteiger partial charge on any atom is 0.383 e. The number of halogens is 4. The van der Waals surface area contributed by atoms with Crippen molar-refractivity contribution in [3.8, 4) is 0 Å². The van der Waals surface area contributed by atoms with Crippen LogP contribution in [0.5, 0.6) is 0 Å². The van der Waals surface area contributed by atoms with Crippen molar-refractivity contribution in [1.82, 2.24) is 0 Å². The van der Waals surface area contributed by atoms with E-state index in [4.69, 9.17) is 9.47 Å². The molecule has 0 radical (unpaired) electrons. The lowest BCUT2D eigenvalue weighted by Crippen LogP contribution is -2.38. The SMILES string of the molecule is Fc1ccc(C(F)(F)OC2CCC(C3CCC(C4CCCC4)CO3)CC2)cc1F. The Bertz CT molecular complexity index is 673.